The quantitative estimate of drug-likeness (QED) is 0.694. The van der Waals surface area contributed by atoms with E-state index < -0.39 is 5.54 Å². The van der Waals surface area contributed by atoms with Gasteiger partial charge < -0.3 is 0 Å². The first-order chi connectivity index (χ1) is 7.37. The Balaban J connectivity index is 3.06. The van der Waals surface area contributed by atoms with Crippen molar-refractivity contribution in [3.05, 3.63) is 35.9 Å². The van der Waals surface area contributed by atoms with Gasteiger partial charge in [0.25, 0.3) is 0 Å². The molecule has 0 aliphatic rings. The first-order valence-electron chi connectivity index (χ1n) is 5.28. The third kappa shape index (κ3) is 3.16. The number of hydrogen-bond donors (Lipinski definition) is 0. The van der Waals surface area contributed by atoms with E-state index in [4.69, 9.17) is 0 Å². The number of benzene rings is 1. The average molecular weight is 215 g/mol. The third-order valence-electron chi connectivity index (χ3n) is 2.10. The van der Waals surface area contributed by atoms with Crippen molar-refractivity contribution in [3.8, 4) is 6.07 Å². The van der Waals surface area contributed by atoms with Crippen LogP contribution in [0.3, 0.4) is 0 Å². The maximum Gasteiger partial charge on any atom is 0.189 e. The maximum atomic E-state index is 9.23. The van der Waals surface area contributed by atoms with Gasteiger partial charge in [0.15, 0.2) is 5.54 Å². The molecule has 0 fully saturated rings. The van der Waals surface area contributed by atoms with Crippen LogP contribution in [0.2, 0.25) is 0 Å². The third-order valence-corrected chi connectivity index (χ3v) is 2.10. The number of nitriles is 1. The minimum atomic E-state index is -0.894. The van der Waals surface area contributed by atoms with Gasteiger partial charge in [-0.25, -0.2) is 0 Å². The minimum absolute atomic E-state index is 0.257. The SMILES string of the molecule is CC(C)(C)/N=N/C(C)(C#N)c1ccccc1. The topological polar surface area (TPSA) is 48.5 Å². The van der Waals surface area contributed by atoms with Gasteiger partial charge in [0, 0.05) is 0 Å². The minimum Gasteiger partial charge on any atom is -0.195 e. The molecule has 3 heteroatoms. The van der Waals surface area contributed by atoms with E-state index in [0.29, 0.717) is 0 Å². The highest BCUT2D eigenvalue weighted by Crippen LogP contribution is 2.26. The molecule has 1 atom stereocenters. The van der Waals surface area contributed by atoms with Gasteiger partial charge >= 0.3 is 0 Å². The summed E-state index contributed by atoms with van der Waals surface area (Å²) in [6, 6.07) is 11.7. The molecule has 0 amide bonds. The largest absolute Gasteiger partial charge is 0.195 e. The van der Waals surface area contributed by atoms with Crippen LogP contribution in [0, 0.1) is 11.3 Å². The van der Waals surface area contributed by atoms with E-state index in [9.17, 15) is 5.26 Å². The highest BCUT2D eigenvalue weighted by Gasteiger charge is 2.26. The zero-order chi connectivity index (χ0) is 12.2. The van der Waals surface area contributed by atoms with E-state index in [0.717, 1.165) is 5.56 Å². The highest BCUT2D eigenvalue weighted by molar-refractivity contribution is 5.29. The molecule has 1 aromatic rings. The van der Waals surface area contributed by atoms with Gasteiger partial charge in [-0.05, 0) is 33.3 Å². The summed E-state index contributed by atoms with van der Waals surface area (Å²) in [5.74, 6) is 0. The maximum absolute atomic E-state index is 9.23. The second-order valence-electron chi connectivity index (χ2n) is 4.92. The van der Waals surface area contributed by atoms with Crippen LogP contribution in [-0.2, 0) is 5.54 Å². The number of nitrogens with zero attached hydrogens (tertiary/aromatic N) is 3. The molecule has 3 nitrogen and oxygen atoms in total. The lowest BCUT2D eigenvalue weighted by Gasteiger charge is -2.18. The van der Waals surface area contributed by atoms with Gasteiger partial charge in [-0.2, -0.15) is 15.5 Å². The molecule has 1 rings (SSSR count). The van der Waals surface area contributed by atoms with Crippen LogP contribution in [-0.4, -0.2) is 5.54 Å². The van der Waals surface area contributed by atoms with Crippen molar-refractivity contribution in [2.45, 2.75) is 38.8 Å². The summed E-state index contributed by atoms with van der Waals surface area (Å²) < 4.78 is 0. The molecule has 0 saturated carbocycles. The Kier molecular flexibility index (Phi) is 3.44. The average Bonchev–Trinajstić information content (AvgIpc) is 2.26. The predicted molar refractivity (Wildman–Crippen MR) is 64.0 cm³/mol. The second kappa shape index (κ2) is 4.44. The van der Waals surface area contributed by atoms with Crippen molar-refractivity contribution in [2.24, 2.45) is 10.2 Å². The van der Waals surface area contributed by atoms with Crippen LogP contribution in [0.5, 0.6) is 0 Å². The summed E-state index contributed by atoms with van der Waals surface area (Å²) in [4.78, 5) is 0. The molecule has 0 N–H and O–H groups in total. The molecule has 0 aliphatic carbocycles. The van der Waals surface area contributed by atoms with E-state index in [-0.39, 0.29) is 5.54 Å². The van der Waals surface area contributed by atoms with Gasteiger partial charge in [-0.3, -0.25) is 0 Å². The van der Waals surface area contributed by atoms with Crippen LogP contribution in [0.25, 0.3) is 0 Å². The summed E-state index contributed by atoms with van der Waals surface area (Å²) in [6.07, 6.45) is 0. The molecular weight excluding hydrogens is 198 g/mol. The molecule has 84 valence electrons. The number of rotatable bonds is 2. The molecule has 1 unspecified atom stereocenters. The summed E-state index contributed by atoms with van der Waals surface area (Å²) in [5, 5.41) is 17.6. The molecular formula is C13H17N3. The van der Waals surface area contributed by atoms with E-state index in [1.807, 2.05) is 51.1 Å². The van der Waals surface area contributed by atoms with Gasteiger partial charge in [0.1, 0.15) is 0 Å². The molecule has 0 bridgehead atoms. The Morgan fingerprint density at radius 1 is 1.00 bits per heavy atom. The summed E-state index contributed by atoms with van der Waals surface area (Å²) >= 11 is 0. The second-order valence-corrected chi connectivity index (χ2v) is 4.92. The number of hydrogen-bond acceptors (Lipinski definition) is 3. The Bertz CT molecular complexity index is 409. The fraction of sp³-hybridized carbons (Fsp3) is 0.462. The van der Waals surface area contributed by atoms with Crippen molar-refractivity contribution in [1.82, 2.24) is 0 Å². The zero-order valence-electron chi connectivity index (χ0n) is 10.2. The molecule has 0 radical (unpaired) electrons. The molecule has 1 aromatic carbocycles. The number of azo groups is 1. The lowest BCUT2D eigenvalue weighted by molar-refractivity contribution is 0.487. The van der Waals surface area contributed by atoms with Gasteiger partial charge in [-0.1, -0.05) is 30.3 Å². The van der Waals surface area contributed by atoms with E-state index in [1.165, 1.54) is 0 Å². The Hall–Kier alpha value is -1.69. The van der Waals surface area contributed by atoms with Gasteiger partial charge in [0.05, 0.1) is 11.6 Å². The Morgan fingerprint density at radius 2 is 1.56 bits per heavy atom. The monoisotopic (exact) mass is 215 g/mol. The predicted octanol–water partition coefficient (Wildman–Crippen LogP) is 3.68. The first kappa shape index (κ1) is 12.4. The lowest BCUT2D eigenvalue weighted by atomic mass is 9.95. The summed E-state index contributed by atoms with van der Waals surface area (Å²) in [6.45, 7) is 7.65. The van der Waals surface area contributed by atoms with Crippen molar-refractivity contribution < 1.29 is 0 Å². The lowest BCUT2D eigenvalue weighted by Crippen LogP contribution is -2.18. The van der Waals surface area contributed by atoms with Crippen LogP contribution in [0.4, 0.5) is 0 Å². The first-order valence-corrected chi connectivity index (χ1v) is 5.28. The van der Waals surface area contributed by atoms with Crippen molar-refractivity contribution in [3.63, 3.8) is 0 Å². The molecule has 0 aromatic heterocycles. The standard InChI is InChI=1S/C13H17N3/c1-12(2,3)15-16-13(4,10-14)11-8-6-5-7-9-11/h5-9H,1-4H3/b16-15+. The normalized spacial score (nSPS) is 15.7. The van der Waals surface area contributed by atoms with Crippen molar-refractivity contribution >= 4 is 0 Å². The Labute approximate surface area is 96.8 Å². The molecule has 0 spiro atoms. The molecule has 0 aliphatic heterocycles. The van der Waals surface area contributed by atoms with E-state index >= 15 is 0 Å². The fourth-order valence-electron chi connectivity index (χ4n) is 1.16. The van der Waals surface area contributed by atoms with Crippen LogP contribution >= 0.6 is 0 Å². The smallest absolute Gasteiger partial charge is 0.189 e. The van der Waals surface area contributed by atoms with Crippen molar-refractivity contribution in [1.29, 1.82) is 5.26 Å². The molecule has 16 heavy (non-hydrogen) atoms. The summed E-state index contributed by atoms with van der Waals surface area (Å²) in [7, 11) is 0. The van der Waals surface area contributed by atoms with E-state index in [2.05, 4.69) is 16.3 Å². The Morgan fingerprint density at radius 3 is 2.00 bits per heavy atom. The summed E-state index contributed by atoms with van der Waals surface area (Å²) in [5.41, 5.74) is -0.285. The molecule has 0 heterocycles. The van der Waals surface area contributed by atoms with Gasteiger partial charge in [-0.15, -0.1) is 0 Å². The fourth-order valence-corrected chi connectivity index (χ4v) is 1.16. The molecule has 0 saturated heterocycles. The van der Waals surface area contributed by atoms with E-state index in [1.54, 1.807) is 6.92 Å². The van der Waals surface area contributed by atoms with Crippen LogP contribution < -0.4 is 0 Å². The zero-order valence-corrected chi connectivity index (χ0v) is 10.2. The van der Waals surface area contributed by atoms with Crippen LogP contribution in [0.15, 0.2) is 40.6 Å². The highest BCUT2D eigenvalue weighted by atomic mass is 15.2. The van der Waals surface area contributed by atoms with Crippen LogP contribution in [0.1, 0.15) is 33.3 Å². The van der Waals surface area contributed by atoms with Crippen molar-refractivity contribution in [2.75, 3.05) is 0 Å². The van der Waals surface area contributed by atoms with Gasteiger partial charge in [0.2, 0.25) is 0 Å².